The quantitative estimate of drug-likeness (QED) is 0.590. The molecule has 20 heavy (non-hydrogen) atoms. The van der Waals surface area contributed by atoms with E-state index in [0.29, 0.717) is 5.54 Å². The molecule has 0 aromatic heterocycles. The van der Waals surface area contributed by atoms with Crippen molar-refractivity contribution in [2.75, 3.05) is 6.54 Å². The summed E-state index contributed by atoms with van der Waals surface area (Å²) in [6.45, 7) is 5.20. The van der Waals surface area contributed by atoms with Gasteiger partial charge in [-0.3, -0.25) is 4.79 Å². The maximum atomic E-state index is 11.1. The summed E-state index contributed by atoms with van der Waals surface area (Å²) in [6.07, 6.45) is 10.1. The smallest absolute Gasteiger partial charge is 0.306 e. The van der Waals surface area contributed by atoms with Gasteiger partial charge < -0.3 is 10.4 Å². The van der Waals surface area contributed by atoms with E-state index in [4.69, 9.17) is 5.11 Å². The minimum atomic E-state index is -0.622. The molecule has 0 heterocycles. The van der Waals surface area contributed by atoms with Crippen molar-refractivity contribution in [3.63, 3.8) is 0 Å². The van der Waals surface area contributed by atoms with E-state index < -0.39 is 5.97 Å². The lowest BCUT2D eigenvalue weighted by atomic mass is 9.98. The molecular weight excluding hydrogens is 297 g/mol. The van der Waals surface area contributed by atoms with Crippen LogP contribution in [0.25, 0.3) is 0 Å². The molecule has 0 aromatic rings. The zero-order valence-electron chi connectivity index (χ0n) is 12.8. The van der Waals surface area contributed by atoms with Gasteiger partial charge in [-0.2, -0.15) is 0 Å². The van der Waals surface area contributed by atoms with E-state index in [2.05, 4.69) is 19.2 Å². The molecule has 0 aliphatic heterocycles. The highest BCUT2D eigenvalue weighted by atomic mass is 35.5. The van der Waals surface area contributed by atoms with E-state index in [0.717, 1.165) is 32.2 Å². The van der Waals surface area contributed by atoms with E-state index >= 15 is 0 Å². The van der Waals surface area contributed by atoms with Gasteiger partial charge in [0, 0.05) is 5.54 Å². The highest BCUT2D eigenvalue weighted by Crippen LogP contribution is 2.40. The summed E-state index contributed by atoms with van der Waals surface area (Å²) < 4.78 is 0. The topological polar surface area (TPSA) is 49.3 Å². The third-order valence-corrected chi connectivity index (χ3v) is 4.11. The van der Waals surface area contributed by atoms with Gasteiger partial charge in [-0.15, -0.1) is 24.8 Å². The number of carboxylic acid groups (broad SMARTS) is 1. The maximum absolute atomic E-state index is 11.1. The Balaban J connectivity index is 0. The van der Waals surface area contributed by atoms with Crippen molar-refractivity contribution < 1.29 is 9.90 Å². The van der Waals surface area contributed by atoms with Crippen LogP contribution < -0.4 is 5.32 Å². The molecule has 2 N–H and O–H groups in total. The van der Waals surface area contributed by atoms with Gasteiger partial charge in [-0.1, -0.05) is 39.5 Å². The molecule has 122 valence electrons. The molecule has 0 radical (unpaired) electrons. The van der Waals surface area contributed by atoms with Gasteiger partial charge in [0.25, 0.3) is 0 Å². The molecular formula is C15H31Cl2NO2. The second-order valence-electron chi connectivity index (χ2n) is 5.78. The first-order chi connectivity index (χ1) is 8.63. The largest absolute Gasteiger partial charge is 0.481 e. The molecule has 0 aromatic carbocycles. The highest BCUT2D eigenvalue weighted by Gasteiger charge is 2.40. The van der Waals surface area contributed by atoms with Gasteiger partial charge in [-0.25, -0.2) is 0 Å². The lowest BCUT2D eigenvalue weighted by molar-refractivity contribution is -0.142. The van der Waals surface area contributed by atoms with Crippen molar-refractivity contribution in [3.05, 3.63) is 0 Å². The number of hydrogen-bond donors (Lipinski definition) is 2. The molecule has 1 aliphatic carbocycles. The van der Waals surface area contributed by atoms with Crippen LogP contribution in [0.5, 0.6) is 0 Å². The first-order valence-electron chi connectivity index (χ1n) is 7.61. The second-order valence-corrected chi connectivity index (χ2v) is 5.78. The maximum Gasteiger partial charge on any atom is 0.306 e. The summed E-state index contributed by atoms with van der Waals surface area (Å²) in [5.41, 5.74) is 0.379. The number of nitrogens with one attached hydrogen (secondary N) is 1. The normalized spacial score (nSPS) is 16.7. The molecule has 3 nitrogen and oxygen atoms in total. The van der Waals surface area contributed by atoms with Crippen molar-refractivity contribution in [3.8, 4) is 0 Å². The van der Waals surface area contributed by atoms with E-state index in [1.807, 2.05) is 0 Å². The van der Waals surface area contributed by atoms with Crippen LogP contribution in [0, 0.1) is 5.92 Å². The Bertz CT molecular complexity index is 258. The minimum absolute atomic E-state index is 0. The van der Waals surface area contributed by atoms with Crippen molar-refractivity contribution in [2.24, 2.45) is 5.92 Å². The summed E-state index contributed by atoms with van der Waals surface area (Å²) in [6, 6.07) is 0. The lowest BCUT2D eigenvalue weighted by Gasteiger charge is -2.19. The second kappa shape index (κ2) is 11.6. The fraction of sp³-hybridized carbons (Fsp3) is 0.933. The number of halogens is 2. The fourth-order valence-electron chi connectivity index (χ4n) is 2.53. The van der Waals surface area contributed by atoms with Gasteiger partial charge in [0.05, 0.1) is 5.92 Å². The first-order valence-corrected chi connectivity index (χ1v) is 7.61. The molecule has 1 fully saturated rings. The van der Waals surface area contributed by atoms with Crippen LogP contribution in [-0.2, 0) is 4.79 Å². The van der Waals surface area contributed by atoms with Gasteiger partial charge in [0.15, 0.2) is 0 Å². The molecule has 0 bridgehead atoms. The first kappa shape index (κ1) is 22.3. The molecule has 1 aliphatic rings. The predicted molar refractivity (Wildman–Crippen MR) is 89.3 cm³/mol. The van der Waals surface area contributed by atoms with Crippen molar-refractivity contribution in [2.45, 2.75) is 77.2 Å². The molecule has 0 spiro atoms. The van der Waals surface area contributed by atoms with Gasteiger partial charge in [-0.05, 0) is 38.6 Å². The summed E-state index contributed by atoms with van der Waals surface area (Å²) in [5, 5.41) is 12.8. The Morgan fingerprint density at radius 1 is 1.15 bits per heavy atom. The summed E-state index contributed by atoms with van der Waals surface area (Å²) in [7, 11) is 0. The van der Waals surface area contributed by atoms with Crippen LogP contribution in [0.1, 0.15) is 71.6 Å². The Morgan fingerprint density at radius 2 is 1.75 bits per heavy atom. The Labute approximate surface area is 136 Å². The van der Waals surface area contributed by atoms with Crippen molar-refractivity contribution in [1.82, 2.24) is 5.32 Å². The van der Waals surface area contributed by atoms with Crippen LogP contribution >= 0.6 is 24.8 Å². The monoisotopic (exact) mass is 327 g/mol. The molecule has 1 saturated carbocycles. The number of hydrogen-bond acceptors (Lipinski definition) is 2. The molecule has 0 amide bonds. The Hall–Kier alpha value is 0.01000. The molecule has 0 saturated heterocycles. The third kappa shape index (κ3) is 8.33. The average Bonchev–Trinajstić information content (AvgIpc) is 3.11. The van der Waals surface area contributed by atoms with Crippen LogP contribution in [0.4, 0.5) is 0 Å². The number of aliphatic carboxylic acids is 1. The highest BCUT2D eigenvalue weighted by molar-refractivity contribution is 5.85. The van der Waals surface area contributed by atoms with Crippen LogP contribution in [0.2, 0.25) is 0 Å². The van der Waals surface area contributed by atoms with E-state index in [1.165, 1.54) is 32.1 Å². The Kier molecular flexibility index (Phi) is 13.0. The standard InChI is InChI=1S/C15H29NO2.2ClH/c1-3-5-7-13(14(17)18)8-12-16-15(10-11-15)9-6-4-2;;/h13,16H,3-12H2,1-2H3,(H,17,18);2*1H. The molecule has 5 heteroatoms. The van der Waals surface area contributed by atoms with Gasteiger partial charge in [0.2, 0.25) is 0 Å². The fourth-order valence-corrected chi connectivity index (χ4v) is 2.53. The lowest BCUT2D eigenvalue weighted by Crippen LogP contribution is -2.33. The average molecular weight is 328 g/mol. The van der Waals surface area contributed by atoms with Gasteiger partial charge >= 0.3 is 5.97 Å². The molecule has 1 unspecified atom stereocenters. The summed E-state index contributed by atoms with van der Waals surface area (Å²) in [5.74, 6) is -0.775. The zero-order chi connectivity index (χ0) is 13.4. The zero-order valence-corrected chi connectivity index (χ0v) is 14.5. The SMILES string of the molecule is CCCCC(CCNC1(CCCC)CC1)C(=O)O.Cl.Cl. The van der Waals surface area contributed by atoms with E-state index in [-0.39, 0.29) is 30.7 Å². The number of unbranched alkanes of at least 4 members (excludes halogenated alkanes) is 2. The number of rotatable bonds is 11. The Morgan fingerprint density at radius 3 is 2.20 bits per heavy atom. The van der Waals surface area contributed by atoms with E-state index in [9.17, 15) is 4.79 Å². The summed E-state index contributed by atoms with van der Waals surface area (Å²) in [4.78, 5) is 11.1. The molecule has 1 rings (SSSR count). The molecule has 1 atom stereocenters. The summed E-state index contributed by atoms with van der Waals surface area (Å²) >= 11 is 0. The van der Waals surface area contributed by atoms with Crippen molar-refractivity contribution >= 4 is 30.8 Å². The predicted octanol–water partition coefficient (Wildman–Crippen LogP) is 4.42. The third-order valence-electron chi connectivity index (χ3n) is 4.11. The van der Waals surface area contributed by atoms with E-state index in [1.54, 1.807) is 0 Å². The van der Waals surface area contributed by atoms with Crippen LogP contribution in [-0.4, -0.2) is 23.2 Å². The van der Waals surface area contributed by atoms with Crippen LogP contribution in [0.3, 0.4) is 0 Å². The van der Waals surface area contributed by atoms with Gasteiger partial charge in [0.1, 0.15) is 0 Å². The number of carboxylic acids is 1. The van der Waals surface area contributed by atoms with Crippen molar-refractivity contribution in [1.29, 1.82) is 0 Å². The minimum Gasteiger partial charge on any atom is -0.481 e. The van der Waals surface area contributed by atoms with Crippen LogP contribution in [0.15, 0.2) is 0 Å². The number of carbonyl (C=O) groups is 1.